The Hall–Kier alpha value is -2.25. The highest BCUT2D eigenvalue weighted by Gasteiger charge is 2.25. The number of piperidine rings is 1. The van der Waals surface area contributed by atoms with Gasteiger partial charge in [0.05, 0.1) is 10.9 Å². The van der Waals surface area contributed by atoms with Crippen molar-refractivity contribution in [3.63, 3.8) is 0 Å². The molecule has 1 saturated heterocycles. The number of carbonyl (C=O) groups excluding carboxylic acids is 1. The Morgan fingerprint density at radius 3 is 2.36 bits per heavy atom. The summed E-state index contributed by atoms with van der Waals surface area (Å²) in [6.07, 6.45) is 7.27. The molecule has 1 atom stereocenters. The number of benzene rings is 1. The Bertz CT molecular complexity index is 877. The number of hydrogen-bond donors (Lipinski definition) is 1. The maximum Gasteiger partial charge on any atom is 0.243 e. The summed E-state index contributed by atoms with van der Waals surface area (Å²) in [4.78, 5) is 16.5. The van der Waals surface area contributed by atoms with Gasteiger partial charge in [-0.1, -0.05) is 18.6 Å². The van der Waals surface area contributed by atoms with Crippen LogP contribution >= 0.6 is 0 Å². The van der Waals surface area contributed by atoms with E-state index < -0.39 is 10.0 Å². The van der Waals surface area contributed by atoms with Gasteiger partial charge >= 0.3 is 0 Å². The van der Waals surface area contributed by atoms with Crippen molar-refractivity contribution in [3.8, 4) is 0 Å². The van der Waals surface area contributed by atoms with Crippen molar-refractivity contribution in [1.82, 2.24) is 14.6 Å². The third-order valence-corrected chi connectivity index (χ3v) is 7.01. The van der Waals surface area contributed by atoms with Crippen LogP contribution in [-0.2, 0) is 21.2 Å². The average Bonchev–Trinajstić information content (AvgIpc) is 2.74. The van der Waals surface area contributed by atoms with Gasteiger partial charge in [-0.25, -0.2) is 8.42 Å². The van der Waals surface area contributed by atoms with Crippen molar-refractivity contribution < 1.29 is 13.2 Å². The van der Waals surface area contributed by atoms with Gasteiger partial charge in [-0.2, -0.15) is 4.31 Å². The molecule has 1 N–H and O–H groups in total. The first-order chi connectivity index (χ1) is 13.5. The van der Waals surface area contributed by atoms with Crippen LogP contribution in [0.15, 0.2) is 53.7 Å². The lowest BCUT2D eigenvalue weighted by atomic mass is 10.1. The highest BCUT2D eigenvalue weighted by atomic mass is 32.2. The molecule has 7 heteroatoms. The number of rotatable bonds is 7. The van der Waals surface area contributed by atoms with Crippen molar-refractivity contribution in [3.05, 3.63) is 59.9 Å². The number of nitrogens with one attached hydrogen (secondary N) is 1. The molecule has 1 aliphatic heterocycles. The number of aryl methyl sites for hydroxylation is 1. The van der Waals surface area contributed by atoms with Crippen molar-refractivity contribution in [2.75, 3.05) is 13.1 Å². The summed E-state index contributed by atoms with van der Waals surface area (Å²) in [5, 5.41) is 2.98. The minimum absolute atomic E-state index is 0.0330. The summed E-state index contributed by atoms with van der Waals surface area (Å²) < 4.78 is 26.9. The molecule has 0 bridgehead atoms. The molecular weight excluding hydrogens is 374 g/mol. The lowest BCUT2D eigenvalue weighted by Crippen LogP contribution is -2.35. The molecule has 0 aliphatic carbocycles. The molecule has 0 spiro atoms. The van der Waals surface area contributed by atoms with E-state index in [1.165, 1.54) is 0 Å². The van der Waals surface area contributed by atoms with E-state index in [4.69, 9.17) is 0 Å². The molecule has 3 rings (SSSR count). The zero-order valence-electron chi connectivity index (χ0n) is 16.2. The summed E-state index contributed by atoms with van der Waals surface area (Å²) >= 11 is 0. The van der Waals surface area contributed by atoms with E-state index in [0.717, 1.165) is 30.4 Å². The van der Waals surface area contributed by atoms with Crippen LogP contribution in [0, 0.1) is 0 Å². The highest BCUT2D eigenvalue weighted by Crippen LogP contribution is 2.21. The van der Waals surface area contributed by atoms with Crippen LogP contribution < -0.4 is 5.32 Å². The molecular formula is C21H27N3O3S. The second-order valence-electron chi connectivity index (χ2n) is 7.18. The summed E-state index contributed by atoms with van der Waals surface area (Å²) in [5.74, 6) is -0.0330. The molecule has 1 aromatic carbocycles. The van der Waals surface area contributed by atoms with E-state index in [-0.39, 0.29) is 11.9 Å². The standard InChI is InChI=1S/C21H27N3O3S/c1-17(19-11-13-22-14-12-19)23-21(25)10-7-18-5-8-20(9-6-18)28(26,27)24-15-3-2-4-16-24/h5-6,8-9,11-14,17H,2-4,7,10,15-16H2,1H3,(H,23,25). The molecule has 0 saturated carbocycles. The predicted molar refractivity (Wildman–Crippen MR) is 108 cm³/mol. The van der Waals surface area contributed by atoms with Gasteiger partial charge in [-0.15, -0.1) is 0 Å². The van der Waals surface area contributed by atoms with Crippen LogP contribution in [0.25, 0.3) is 0 Å². The number of hydrogen-bond acceptors (Lipinski definition) is 4. The van der Waals surface area contributed by atoms with E-state index in [2.05, 4.69) is 10.3 Å². The van der Waals surface area contributed by atoms with Crippen molar-refractivity contribution in [2.24, 2.45) is 0 Å². The van der Waals surface area contributed by atoms with Crippen molar-refractivity contribution >= 4 is 15.9 Å². The van der Waals surface area contributed by atoms with Crippen LogP contribution in [0.2, 0.25) is 0 Å². The molecule has 0 radical (unpaired) electrons. The first-order valence-electron chi connectivity index (χ1n) is 9.75. The van der Waals surface area contributed by atoms with Gasteiger partial charge in [0.15, 0.2) is 0 Å². The quantitative estimate of drug-likeness (QED) is 0.773. The Morgan fingerprint density at radius 1 is 1.07 bits per heavy atom. The van der Waals surface area contributed by atoms with E-state index >= 15 is 0 Å². The molecule has 28 heavy (non-hydrogen) atoms. The second-order valence-corrected chi connectivity index (χ2v) is 9.12. The smallest absolute Gasteiger partial charge is 0.243 e. The van der Waals surface area contributed by atoms with Crippen molar-refractivity contribution in [1.29, 1.82) is 0 Å². The fourth-order valence-electron chi connectivity index (χ4n) is 3.39. The molecule has 1 amide bonds. The summed E-state index contributed by atoms with van der Waals surface area (Å²) in [5.41, 5.74) is 1.96. The maximum absolute atomic E-state index is 12.7. The van der Waals surface area contributed by atoms with Gasteiger partial charge in [0.2, 0.25) is 15.9 Å². The van der Waals surface area contributed by atoms with E-state index in [1.54, 1.807) is 41.0 Å². The third kappa shape index (κ3) is 5.17. The average molecular weight is 402 g/mol. The molecule has 2 heterocycles. The van der Waals surface area contributed by atoms with Crippen LogP contribution in [0.5, 0.6) is 0 Å². The van der Waals surface area contributed by atoms with Gasteiger partial charge in [-0.05, 0) is 61.6 Å². The third-order valence-electron chi connectivity index (χ3n) is 5.10. The van der Waals surface area contributed by atoms with Gasteiger partial charge < -0.3 is 5.32 Å². The Kier molecular flexibility index (Phi) is 6.80. The van der Waals surface area contributed by atoms with Crippen LogP contribution in [-0.4, -0.2) is 36.7 Å². The molecule has 1 aliphatic rings. The SMILES string of the molecule is CC(NC(=O)CCc1ccc(S(=O)(=O)N2CCCCC2)cc1)c1ccncc1. The molecule has 6 nitrogen and oxygen atoms in total. The van der Waals surface area contributed by atoms with Gasteiger partial charge in [-0.3, -0.25) is 9.78 Å². The van der Waals surface area contributed by atoms with Gasteiger partial charge in [0.25, 0.3) is 0 Å². The van der Waals surface area contributed by atoms with E-state index in [1.807, 2.05) is 19.1 Å². The maximum atomic E-state index is 12.7. The first kappa shape index (κ1) is 20.5. The number of carbonyl (C=O) groups is 1. The minimum atomic E-state index is -3.41. The second kappa shape index (κ2) is 9.30. The lowest BCUT2D eigenvalue weighted by Gasteiger charge is -2.25. The van der Waals surface area contributed by atoms with Crippen LogP contribution in [0.1, 0.15) is 49.8 Å². The fourth-order valence-corrected chi connectivity index (χ4v) is 4.91. The fraction of sp³-hybridized carbons (Fsp3) is 0.429. The van der Waals surface area contributed by atoms with Crippen molar-refractivity contribution in [2.45, 2.75) is 50.0 Å². The van der Waals surface area contributed by atoms with Crippen LogP contribution in [0.3, 0.4) is 0 Å². The molecule has 1 unspecified atom stereocenters. The van der Waals surface area contributed by atoms with Gasteiger partial charge in [0, 0.05) is 31.9 Å². The Labute approximate surface area is 167 Å². The monoisotopic (exact) mass is 401 g/mol. The number of amides is 1. The summed E-state index contributed by atoms with van der Waals surface area (Å²) in [6, 6.07) is 10.6. The Balaban J connectivity index is 1.53. The summed E-state index contributed by atoms with van der Waals surface area (Å²) in [6.45, 7) is 3.13. The molecule has 1 fully saturated rings. The highest BCUT2D eigenvalue weighted by molar-refractivity contribution is 7.89. The normalized spacial score (nSPS) is 16.5. The predicted octanol–water partition coefficient (Wildman–Crippen LogP) is 3.07. The first-order valence-corrected chi connectivity index (χ1v) is 11.2. The zero-order chi connectivity index (χ0) is 20.0. The Morgan fingerprint density at radius 2 is 1.71 bits per heavy atom. The van der Waals surface area contributed by atoms with Gasteiger partial charge in [0.1, 0.15) is 0 Å². The number of aromatic nitrogens is 1. The largest absolute Gasteiger partial charge is 0.350 e. The van der Waals surface area contributed by atoms with E-state index in [9.17, 15) is 13.2 Å². The molecule has 2 aromatic rings. The lowest BCUT2D eigenvalue weighted by molar-refractivity contribution is -0.121. The molecule has 150 valence electrons. The molecule has 1 aromatic heterocycles. The zero-order valence-corrected chi connectivity index (χ0v) is 17.0. The van der Waals surface area contributed by atoms with Crippen LogP contribution in [0.4, 0.5) is 0 Å². The van der Waals surface area contributed by atoms with E-state index in [0.29, 0.717) is 30.8 Å². The number of sulfonamides is 1. The topological polar surface area (TPSA) is 79.4 Å². The number of pyridine rings is 1. The summed E-state index contributed by atoms with van der Waals surface area (Å²) in [7, 11) is -3.41. The number of nitrogens with zero attached hydrogens (tertiary/aromatic N) is 2. The minimum Gasteiger partial charge on any atom is -0.350 e.